The monoisotopic (exact) mass is 396 g/mol. The summed E-state index contributed by atoms with van der Waals surface area (Å²) in [6.07, 6.45) is 6.06. The Morgan fingerprint density at radius 2 is 2.00 bits per heavy atom. The van der Waals surface area contributed by atoms with Crippen molar-refractivity contribution in [2.75, 3.05) is 7.11 Å². The molecule has 0 bridgehead atoms. The van der Waals surface area contributed by atoms with Gasteiger partial charge in [-0.15, -0.1) is 21.6 Å². The number of hydrogen-bond donors (Lipinski definition) is 0. The number of carbonyl (C=O) groups excluding carboxylic acids is 1. The van der Waals surface area contributed by atoms with E-state index in [0.29, 0.717) is 10.4 Å². The van der Waals surface area contributed by atoms with Crippen molar-refractivity contribution in [1.29, 1.82) is 5.26 Å². The molecule has 0 radical (unpaired) electrons. The van der Waals surface area contributed by atoms with Gasteiger partial charge in [-0.2, -0.15) is 5.26 Å². The highest BCUT2D eigenvalue weighted by molar-refractivity contribution is 7.07. The zero-order chi connectivity index (χ0) is 19.9. The quantitative estimate of drug-likeness (QED) is 0.586. The predicted molar refractivity (Wildman–Crippen MR) is 106 cm³/mol. The van der Waals surface area contributed by atoms with Crippen molar-refractivity contribution < 1.29 is 9.53 Å². The number of thiazole rings is 1. The Morgan fingerprint density at radius 3 is 2.64 bits per heavy atom. The summed E-state index contributed by atoms with van der Waals surface area (Å²) in [4.78, 5) is 24.6. The summed E-state index contributed by atoms with van der Waals surface area (Å²) in [6, 6.07) is 11.1. The molecule has 144 valence electrons. The number of esters is 1. The van der Waals surface area contributed by atoms with Gasteiger partial charge in [0, 0.05) is 12.1 Å². The highest BCUT2D eigenvalue weighted by Gasteiger charge is 2.21. The van der Waals surface area contributed by atoms with Gasteiger partial charge in [0.25, 0.3) is 5.56 Å². The lowest BCUT2D eigenvalue weighted by molar-refractivity contribution is -0.133. The number of nitriles is 1. The molecule has 7 nitrogen and oxygen atoms in total. The van der Waals surface area contributed by atoms with Crippen LogP contribution in [-0.2, 0) is 9.53 Å². The summed E-state index contributed by atoms with van der Waals surface area (Å²) in [5.74, 6) is -0.606. The topological polar surface area (TPSA) is 96.8 Å². The number of aromatic nitrogens is 1. The van der Waals surface area contributed by atoms with E-state index in [2.05, 4.69) is 21.0 Å². The molecule has 28 heavy (non-hydrogen) atoms. The number of rotatable bonds is 4. The van der Waals surface area contributed by atoms with E-state index in [4.69, 9.17) is 0 Å². The van der Waals surface area contributed by atoms with Crippen molar-refractivity contribution in [3.63, 3.8) is 0 Å². The van der Waals surface area contributed by atoms with Crippen molar-refractivity contribution in [1.82, 2.24) is 4.57 Å². The second kappa shape index (κ2) is 9.24. The van der Waals surface area contributed by atoms with Crippen LogP contribution in [0.5, 0.6) is 0 Å². The highest BCUT2D eigenvalue weighted by atomic mass is 32.1. The van der Waals surface area contributed by atoms with Gasteiger partial charge in [0.05, 0.1) is 12.8 Å². The molecule has 0 saturated heterocycles. The van der Waals surface area contributed by atoms with Gasteiger partial charge in [-0.25, -0.2) is 4.79 Å². The third-order valence-corrected chi connectivity index (χ3v) is 5.67. The SMILES string of the molecule is COC(=O)C=c1sc(=C(C#N)N=Nc2ccccc2)n(C2CCCCC2)c1=O. The molecular formula is C20H20N4O3S. The Morgan fingerprint density at radius 1 is 1.29 bits per heavy atom. The molecule has 0 N–H and O–H groups in total. The van der Waals surface area contributed by atoms with Crippen LogP contribution in [0.1, 0.15) is 38.1 Å². The lowest BCUT2D eigenvalue weighted by atomic mass is 9.95. The summed E-state index contributed by atoms with van der Waals surface area (Å²) in [5.41, 5.74) is 0.376. The number of hydrogen-bond acceptors (Lipinski definition) is 7. The number of nitrogens with zero attached hydrogens (tertiary/aromatic N) is 4. The first-order valence-corrected chi connectivity index (χ1v) is 9.88. The van der Waals surface area contributed by atoms with Crippen LogP contribution in [0.2, 0.25) is 0 Å². The van der Waals surface area contributed by atoms with E-state index in [-0.39, 0.29) is 21.8 Å². The first-order chi connectivity index (χ1) is 13.6. The molecule has 1 aliphatic rings. The standard InChI is InChI=1S/C20H20N4O3S/c1-27-18(25)12-17-19(26)24(15-10-6-3-7-11-15)20(28-17)16(13-21)23-22-14-8-4-2-5-9-14/h2,4-5,8-9,12,15H,3,6-7,10-11H2,1H3. The molecule has 1 fully saturated rings. The first kappa shape index (κ1) is 19.7. The van der Waals surface area contributed by atoms with Crippen LogP contribution >= 0.6 is 11.3 Å². The van der Waals surface area contributed by atoms with E-state index in [9.17, 15) is 14.9 Å². The highest BCUT2D eigenvalue weighted by Crippen LogP contribution is 2.26. The van der Waals surface area contributed by atoms with Crippen molar-refractivity contribution in [3.8, 4) is 6.07 Å². The number of methoxy groups -OCH3 is 1. The zero-order valence-corrected chi connectivity index (χ0v) is 16.3. The van der Waals surface area contributed by atoms with E-state index in [1.54, 1.807) is 16.7 Å². The predicted octanol–water partition coefficient (Wildman–Crippen LogP) is 2.78. The molecule has 0 spiro atoms. The molecule has 1 aromatic carbocycles. The normalized spacial score (nSPS) is 16.8. The van der Waals surface area contributed by atoms with Gasteiger partial charge in [-0.3, -0.25) is 9.36 Å². The zero-order valence-electron chi connectivity index (χ0n) is 15.5. The maximum Gasteiger partial charge on any atom is 0.332 e. The van der Waals surface area contributed by atoms with Crippen LogP contribution in [0, 0.1) is 11.3 Å². The number of azo groups is 1. The Kier molecular flexibility index (Phi) is 6.50. The third-order valence-electron chi connectivity index (χ3n) is 4.58. The van der Waals surface area contributed by atoms with Gasteiger partial charge in [-0.1, -0.05) is 37.5 Å². The Bertz CT molecular complexity index is 1090. The Labute approximate surface area is 165 Å². The summed E-state index contributed by atoms with van der Waals surface area (Å²) in [5, 5.41) is 17.9. The summed E-state index contributed by atoms with van der Waals surface area (Å²) in [6.45, 7) is 0. The largest absolute Gasteiger partial charge is 0.466 e. The molecular weight excluding hydrogens is 376 g/mol. The maximum atomic E-state index is 13.0. The molecule has 1 heterocycles. The smallest absolute Gasteiger partial charge is 0.332 e. The van der Waals surface area contributed by atoms with Crippen LogP contribution in [0.3, 0.4) is 0 Å². The minimum absolute atomic E-state index is 0.0115. The van der Waals surface area contributed by atoms with Crippen molar-refractivity contribution in [3.05, 3.63) is 49.9 Å². The Balaban J connectivity index is 2.20. The minimum Gasteiger partial charge on any atom is -0.466 e. The van der Waals surface area contributed by atoms with E-state index < -0.39 is 5.97 Å². The van der Waals surface area contributed by atoms with E-state index >= 15 is 0 Å². The van der Waals surface area contributed by atoms with Crippen molar-refractivity contribution >= 4 is 34.8 Å². The molecule has 0 unspecified atom stereocenters. The van der Waals surface area contributed by atoms with E-state index in [0.717, 1.165) is 43.4 Å². The lowest BCUT2D eigenvalue weighted by Crippen LogP contribution is -2.36. The molecule has 1 aromatic heterocycles. The molecule has 0 amide bonds. The minimum atomic E-state index is -0.606. The third kappa shape index (κ3) is 4.43. The van der Waals surface area contributed by atoms with Gasteiger partial charge in [0.15, 0.2) is 5.70 Å². The summed E-state index contributed by atoms with van der Waals surface area (Å²) < 4.78 is 6.92. The van der Waals surface area contributed by atoms with Gasteiger partial charge in [0.1, 0.15) is 15.3 Å². The average molecular weight is 396 g/mol. The van der Waals surface area contributed by atoms with Gasteiger partial charge >= 0.3 is 5.97 Å². The fraction of sp³-hybridized carbons (Fsp3) is 0.350. The fourth-order valence-electron chi connectivity index (χ4n) is 3.21. The molecule has 3 rings (SSSR count). The van der Waals surface area contributed by atoms with E-state index in [1.807, 2.05) is 18.2 Å². The van der Waals surface area contributed by atoms with Crippen LogP contribution in [-0.4, -0.2) is 17.6 Å². The van der Waals surface area contributed by atoms with Crippen LogP contribution < -0.4 is 14.8 Å². The molecule has 0 atom stereocenters. The van der Waals surface area contributed by atoms with Gasteiger partial charge in [0.2, 0.25) is 0 Å². The van der Waals surface area contributed by atoms with Gasteiger partial charge < -0.3 is 4.74 Å². The van der Waals surface area contributed by atoms with Crippen LogP contribution in [0.4, 0.5) is 5.69 Å². The molecule has 0 aliphatic heterocycles. The number of benzene rings is 1. The number of carbonyl (C=O) groups is 1. The summed E-state index contributed by atoms with van der Waals surface area (Å²) in [7, 11) is 1.26. The second-order valence-corrected chi connectivity index (χ2v) is 7.43. The lowest BCUT2D eigenvalue weighted by Gasteiger charge is -2.22. The second-order valence-electron chi connectivity index (χ2n) is 6.40. The summed E-state index contributed by atoms with van der Waals surface area (Å²) >= 11 is 1.07. The Hall–Kier alpha value is -3.05. The van der Waals surface area contributed by atoms with Gasteiger partial charge in [-0.05, 0) is 25.0 Å². The molecule has 2 aromatic rings. The van der Waals surface area contributed by atoms with Crippen molar-refractivity contribution in [2.45, 2.75) is 38.1 Å². The van der Waals surface area contributed by atoms with E-state index in [1.165, 1.54) is 13.2 Å². The van der Waals surface area contributed by atoms with Crippen LogP contribution in [0.25, 0.3) is 11.8 Å². The van der Waals surface area contributed by atoms with Crippen molar-refractivity contribution in [2.24, 2.45) is 10.2 Å². The molecule has 1 aliphatic carbocycles. The first-order valence-electron chi connectivity index (χ1n) is 9.06. The average Bonchev–Trinajstić information content (AvgIpc) is 3.05. The fourth-order valence-corrected chi connectivity index (χ4v) is 4.28. The molecule has 8 heteroatoms. The van der Waals surface area contributed by atoms with Crippen LogP contribution in [0.15, 0.2) is 45.4 Å². The maximum absolute atomic E-state index is 13.0. The molecule has 1 saturated carbocycles. The number of ether oxygens (including phenoxy) is 1.